The first kappa shape index (κ1) is 23.2. The van der Waals surface area contributed by atoms with Crippen molar-refractivity contribution in [2.45, 2.75) is 58.5 Å². The molecule has 8 heteroatoms. The minimum atomic E-state index is -1.36. The Morgan fingerprint density at radius 1 is 1.11 bits per heavy atom. The molecule has 5 rings (SSSR count). The van der Waals surface area contributed by atoms with E-state index in [0.717, 1.165) is 35.2 Å². The van der Waals surface area contributed by atoms with Crippen LogP contribution in [0.15, 0.2) is 59.1 Å². The Labute approximate surface area is 206 Å². The number of aryl methyl sites for hydroxylation is 1. The first-order valence-electron chi connectivity index (χ1n) is 11.9. The minimum Gasteiger partial charge on any atom is -0.454 e. The Balaban J connectivity index is 1.34. The summed E-state index contributed by atoms with van der Waals surface area (Å²) in [6.45, 7) is 11.0. The van der Waals surface area contributed by atoms with Gasteiger partial charge in [-0.1, -0.05) is 72.4 Å². The monoisotopic (exact) mass is 486 g/mol. The zero-order chi connectivity index (χ0) is 24.8. The molecule has 0 N–H and O–H groups in total. The Morgan fingerprint density at radius 3 is 2.51 bits per heavy atom. The molecule has 0 saturated heterocycles. The summed E-state index contributed by atoms with van der Waals surface area (Å²) < 4.78 is 13.1. The molecule has 0 amide bonds. The molecule has 2 heterocycles. The average molecular weight is 487 g/mol. The number of rotatable bonds is 7. The Bertz CT molecular complexity index is 1380. The van der Waals surface area contributed by atoms with Crippen LogP contribution in [0.3, 0.4) is 0 Å². The summed E-state index contributed by atoms with van der Waals surface area (Å²) in [7, 11) is -1.36. The molecule has 1 fully saturated rings. The van der Waals surface area contributed by atoms with Crippen molar-refractivity contribution in [2.24, 2.45) is 0 Å². The van der Waals surface area contributed by atoms with E-state index in [4.69, 9.17) is 14.4 Å². The fourth-order valence-electron chi connectivity index (χ4n) is 4.30. The van der Waals surface area contributed by atoms with E-state index in [1.165, 1.54) is 12.1 Å². The van der Waals surface area contributed by atoms with Gasteiger partial charge in [-0.3, -0.25) is 9.48 Å². The van der Waals surface area contributed by atoms with Crippen molar-refractivity contribution >= 4 is 19.2 Å². The molecule has 180 valence electrons. The van der Waals surface area contributed by atoms with Gasteiger partial charge in [0.25, 0.3) is 5.89 Å². The zero-order valence-corrected chi connectivity index (χ0v) is 21.8. The summed E-state index contributed by atoms with van der Waals surface area (Å²) in [5.41, 5.74) is 4.24. The van der Waals surface area contributed by atoms with Crippen LogP contribution in [0.4, 0.5) is 0 Å². The molecule has 1 aliphatic carbocycles. The maximum Gasteiger partial charge on any atom is 0.303 e. The zero-order valence-electron chi connectivity index (χ0n) is 20.8. The number of benzene rings is 2. The number of carbonyl (C=O) groups excluding carboxylic acids is 1. The number of esters is 1. The first-order valence-corrected chi connectivity index (χ1v) is 15.4. The molecule has 1 saturated carbocycles. The Kier molecular flexibility index (Phi) is 5.71. The molecular formula is C27H30N4O3Si. The van der Waals surface area contributed by atoms with E-state index in [2.05, 4.69) is 66.2 Å². The standard InChI is InChI=1S/C27H30N4O3Si/c1-18-15-24(26-28-25(30-34-26)21-9-11-23(12-10-21)35(3,4)5)29-31(18)17-20-7-6-8-22(16-20)27(13-14-27)33-19(2)32/h6-12,15-16H,13-14,17H2,1-5H3. The van der Waals surface area contributed by atoms with Crippen LogP contribution < -0.4 is 5.19 Å². The van der Waals surface area contributed by atoms with E-state index >= 15 is 0 Å². The van der Waals surface area contributed by atoms with Crippen molar-refractivity contribution in [3.8, 4) is 23.0 Å². The molecule has 0 unspecified atom stereocenters. The molecule has 0 spiro atoms. The van der Waals surface area contributed by atoms with Crippen LogP contribution >= 0.6 is 0 Å². The van der Waals surface area contributed by atoms with E-state index in [9.17, 15) is 4.79 Å². The number of carbonyl (C=O) groups is 1. The third-order valence-corrected chi connectivity index (χ3v) is 8.53. The highest BCUT2D eigenvalue weighted by atomic mass is 28.3. The fourth-order valence-corrected chi connectivity index (χ4v) is 5.47. The summed E-state index contributed by atoms with van der Waals surface area (Å²) in [6, 6.07) is 18.6. The van der Waals surface area contributed by atoms with Crippen LogP contribution in [-0.2, 0) is 21.7 Å². The van der Waals surface area contributed by atoms with Gasteiger partial charge < -0.3 is 9.26 Å². The average Bonchev–Trinajstić information content (AvgIpc) is 3.24. The van der Waals surface area contributed by atoms with E-state index in [0.29, 0.717) is 24.0 Å². The lowest BCUT2D eigenvalue weighted by Crippen LogP contribution is -2.37. The summed E-state index contributed by atoms with van der Waals surface area (Å²) in [5, 5.41) is 10.3. The highest BCUT2D eigenvalue weighted by molar-refractivity contribution is 6.88. The number of hydrogen-bond acceptors (Lipinski definition) is 6. The van der Waals surface area contributed by atoms with Gasteiger partial charge in [0.15, 0.2) is 5.69 Å². The lowest BCUT2D eigenvalue weighted by atomic mass is 10.0. The molecule has 0 atom stereocenters. The third-order valence-electron chi connectivity index (χ3n) is 6.46. The van der Waals surface area contributed by atoms with E-state index in [1.807, 2.05) is 29.8 Å². The molecule has 1 aliphatic rings. The van der Waals surface area contributed by atoms with Crippen LogP contribution in [0.5, 0.6) is 0 Å². The van der Waals surface area contributed by atoms with Gasteiger partial charge in [0, 0.05) is 18.2 Å². The predicted molar refractivity (Wildman–Crippen MR) is 137 cm³/mol. The molecule has 2 aromatic heterocycles. The van der Waals surface area contributed by atoms with Gasteiger partial charge in [-0.2, -0.15) is 10.1 Å². The van der Waals surface area contributed by atoms with Crippen molar-refractivity contribution in [3.05, 3.63) is 71.4 Å². The molecule has 2 aromatic carbocycles. The number of ether oxygens (including phenoxy) is 1. The normalized spacial score (nSPS) is 14.7. The molecule has 35 heavy (non-hydrogen) atoms. The summed E-state index contributed by atoms with van der Waals surface area (Å²) in [5.74, 6) is 0.713. The second kappa shape index (κ2) is 8.60. The minimum absolute atomic E-state index is 0.244. The van der Waals surface area contributed by atoms with E-state index in [-0.39, 0.29) is 5.97 Å². The van der Waals surface area contributed by atoms with Gasteiger partial charge in [0.1, 0.15) is 5.60 Å². The molecule has 0 radical (unpaired) electrons. The number of aromatic nitrogens is 4. The van der Waals surface area contributed by atoms with E-state index in [1.54, 1.807) is 0 Å². The van der Waals surface area contributed by atoms with E-state index < -0.39 is 13.7 Å². The Hall–Kier alpha value is -3.52. The summed E-state index contributed by atoms with van der Waals surface area (Å²) in [4.78, 5) is 16.1. The number of nitrogens with zero attached hydrogens (tertiary/aromatic N) is 4. The maximum absolute atomic E-state index is 11.5. The number of hydrogen-bond donors (Lipinski definition) is 0. The van der Waals surface area contributed by atoms with Gasteiger partial charge in [-0.05, 0) is 43.0 Å². The van der Waals surface area contributed by atoms with Gasteiger partial charge >= 0.3 is 5.97 Å². The molecular weight excluding hydrogens is 456 g/mol. The summed E-state index contributed by atoms with van der Waals surface area (Å²) >= 11 is 0. The molecule has 4 aromatic rings. The Morgan fingerprint density at radius 2 is 1.86 bits per heavy atom. The largest absolute Gasteiger partial charge is 0.454 e. The van der Waals surface area contributed by atoms with Crippen LogP contribution in [0.2, 0.25) is 19.6 Å². The predicted octanol–water partition coefficient (Wildman–Crippen LogP) is 5.05. The fraction of sp³-hybridized carbons (Fsp3) is 0.333. The first-order chi connectivity index (χ1) is 16.6. The lowest BCUT2D eigenvalue weighted by molar-refractivity contribution is -0.149. The highest BCUT2D eigenvalue weighted by Gasteiger charge is 2.48. The molecule has 0 aliphatic heterocycles. The topological polar surface area (TPSA) is 83.0 Å². The van der Waals surface area contributed by atoms with Crippen LogP contribution in [0.1, 0.15) is 36.6 Å². The van der Waals surface area contributed by atoms with Crippen molar-refractivity contribution in [1.29, 1.82) is 0 Å². The second-order valence-corrected chi connectivity index (χ2v) is 15.4. The molecule has 7 nitrogen and oxygen atoms in total. The van der Waals surface area contributed by atoms with Crippen molar-refractivity contribution in [2.75, 3.05) is 0 Å². The smallest absolute Gasteiger partial charge is 0.303 e. The highest BCUT2D eigenvalue weighted by Crippen LogP contribution is 2.49. The maximum atomic E-state index is 11.5. The van der Waals surface area contributed by atoms with Gasteiger partial charge in [-0.25, -0.2) is 0 Å². The quantitative estimate of drug-likeness (QED) is 0.268. The van der Waals surface area contributed by atoms with Crippen molar-refractivity contribution < 1.29 is 14.1 Å². The molecule has 0 bridgehead atoms. The van der Waals surface area contributed by atoms with Crippen molar-refractivity contribution in [1.82, 2.24) is 19.9 Å². The van der Waals surface area contributed by atoms with Crippen LogP contribution in [-0.4, -0.2) is 34.0 Å². The van der Waals surface area contributed by atoms with Crippen molar-refractivity contribution in [3.63, 3.8) is 0 Å². The lowest BCUT2D eigenvalue weighted by Gasteiger charge is -2.17. The SMILES string of the molecule is CC(=O)OC1(c2cccc(Cn3nc(-c4nc(-c5ccc([Si](C)(C)C)cc5)no4)cc3C)c2)CC1. The second-order valence-electron chi connectivity index (χ2n) is 10.4. The third kappa shape index (κ3) is 4.84. The van der Waals surface area contributed by atoms with Crippen LogP contribution in [0, 0.1) is 6.92 Å². The van der Waals surface area contributed by atoms with Gasteiger partial charge in [-0.15, -0.1) is 0 Å². The summed E-state index contributed by atoms with van der Waals surface area (Å²) in [6.07, 6.45) is 1.72. The van der Waals surface area contributed by atoms with Gasteiger partial charge in [0.05, 0.1) is 14.6 Å². The van der Waals surface area contributed by atoms with Crippen LogP contribution in [0.25, 0.3) is 23.0 Å². The van der Waals surface area contributed by atoms with Gasteiger partial charge in [0.2, 0.25) is 5.82 Å².